The van der Waals surface area contributed by atoms with Crippen LogP contribution < -0.4 is 10.7 Å². The van der Waals surface area contributed by atoms with Gasteiger partial charge in [0.25, 0.3) is 0 Å². The fourth-order valence-electron chi connectivity index (χ4n) is 6.22. The van der Waals surface area contributed by atoms with Gasteiger partial charge < -0.3 is 0 Å². The molecule has 0 heterocycles. The monoisotopic (exact) mass is 654 g/mol. The van der Waals surface area contributed by atoms with Gasteiger partial charge in [-0.3, -0.25) is 0 Å². The quantitative estimate of drug-likeness (QED) is 0.138. The molecule has 0 atom stereocenters. The Morgan fingerprint density at radius 1 is 0.417 bits per heavy atom. The largest absolute Gasteiger partial charge is 0.416 e. The van der Waals surface area contributed by atoms with E-state index in [1.54, 1.807) is 36.7 Å². The third-order valence-corrected chi connectivity index (χ3v) is 8.24. The summed E-state index contributed by atoms with van der Waals surface area (Å²) in [5, 5.41) is 23.6. The molecular formula is C36H14F8N4. The van der Waals surface area contributed by atoms with E-state index < -0.39 is 35.1 Å². The second-order valence-corrected chi connectivity index (χ2v) is 11.0. The maximum Gasteiger partial charge on any atom is 0.416 e. The molecule has 0 saturated heterocycles. The van der Waals surface area contributed by atoms with E-state index in [0.29, 0.717) is 55.2 Å². The van der Waals surface area contributed by atoms with Gasteiger partial charge in [0.05, 0.1) is 21.8 Å². The molecule has 0 fully saturated rings. The molecule has 0 saturated carbocycles. The number of fused-ring (bicyclic) bond motifs is 6. The van der Waals surface area contributed by atoms with Crippen molar-refractivity contribution in [1.82, 2.24) is 0 Å². The molecule has 0 aliphatic rings. The summed E-state index contributed by atoms with van der Waals surface area (Å²) in [6.45, 7) is 0. The number of benzene rings is 5. The normalized spacial score (nSPS) is 13.2. The Bertz CT molecular complexity index is 2520. The highest BCUT2D eigenvalue weighted by molar-refractivity contribution is 6.21. The lowest BCUT2D eigenvalue weighted by molar-refractivity contribution is -0.138. The van der Waals surface area contributed by atoms with E-state index in [9.17, 15) is 45.6 Å². The summed E-state index contributed by atoms with van der Waals surface area (Å²) in [6.07, 6.45) is -6.07. The Kier molecular flexibility index (Phi) is 6.81. The molecule has 0 N–H and O–H groups in total. The molecule has 0 amide bonds. The van der Waals surface area contributed by atoms with Gasteiger partial charge in [-0.1, -0.05) is 24.3 Å². The van der Waals surface area contributed by atoms with Gasteiger partial charge >= 0.3 is 12.4 Å². The van der Waals surface area contributed by atoms with Crippen LogP contribution in [0.5, 0.6) is 0 Å². The molecule has 0 radical (unpaired) electrons. The summed E-state index contributed by atoms with van der Waals surface area (Å²) in [5.41, 5.74) is -1.89. The highest BCUT2D eigenvalue weighted by Crippen LogP contribution is 2.38. The average Bonchev–Trinajstić information content (AvgIpc) is 3.49. The van der Waals surface area contributed by atoms with Crippen molar-refractivity contribution >= 4 is 43.1 Å². The predicted octanol–water partition coefficient (Wildman–Crippen LogP) is 9.59. The Balaban J connectivity index is 1.49. The summed E-state index contributed by atoms with van der Waals surface area (Å²) < 4.78 is 109. The molecule has 7 rings (SSSR count). The van der Waals surface area contributed by atoms with Crippen molar-refractivity contribution < 1.29 is 35.1 Å². The molecule has 0 bridgehead atoms. The van der Waals surface area contributed by atoms with Crippen LogP contribution in [0.1, 0.15) is 11.1 Å². The zero-order valence-electron chi connectivity index (χ0n) is 23.9. The lowest BCUT2D eigenvalue weighted by Gasteiger charge is -2.10. The second-order valence-electron chi connectivity index (χ2n) is 11.0. The first-order valence-electron chi connectivity index (χ1n) is 13.9. The zero-order chi connectivity index (χ0) is 34.1. The van der Waals surface area contributed by atoms with E-state index in [1.165, 1.54) is 24.3 Å². The van der Waals surface area contributed by atoms with Crippen molar-refractivity contribution in [2.45, 2.75) is 12.4 Å². The van der Waals surface area contributed by atoms with Crippen LogP contribution in [0, 0.1) is 34.5 Å². The summed E-state index contributed by atoms with van der Waals surface area (Å²) >= 11 is 0. The van der Waals surface area contributed by atoms with Crippen LogP contribution in [0.2, 0.25) is 0 Å². The van der Waals surface area contributed by atoms with Crippen molar-refractivity contribution in [2.24, 2.45) is 9.98 Å². The van der Waals surface area contributed by atoms with Crippen molar-refractivity contribution in [3.63, 3.8) is 0 Å². The third-order valence-electron chi connectivity index (χ3n) is 8.24. The van der Waals surface area contributed by atoms with Crippen LogP contribution in [0.15, 0.2) is 94.9 Å². The predicted molar refractivity (Wildman–Crippen MR) is 162 cm³/mol. The zero-order valence-corrected chi connectivity index (χ0v) is 23.9. The fraction of sp³-hybridized carbons (Fsp3) is 0.0556. The van der Waals surface area contributed by atoms with E-state index in [0.717, 1.165) is 24.3 Å². The van der Waals surface area contributed by atoms with Gasteiger partial charge in [0, 0.05) is 21.5 Å². The molecule has 4 nitrogen and oxygen atoms in total. The van der Waals surface area contributed by atoms with Gasteiger partial charge in [-0.2, -0.15) is 46.9 Å². The lowest BCUT2D eigenvalue weighted by Crippen LogP contribution is -2.05. The van der Waals surface area contributed by atoms with Gasteiger partial charge in [0.15, 0.2) is 0 Å². The number of halogens is 8. The maximum atomic E-state index is 14.2. The van der Waals surface area contributed by atoms with Crippen molar-refractivity contribution in [3.8, 4) is 34.6 Å². The molecule has 234 valence electrons. The smallest absolute Gasteiger partial charge is 0.207 e. The molecule has 0 spiro atoms. The minimum Gasteiger partial charge on any atom is -0.207 e. The molecule has 12 heteroatoms. The van der Waals surface area contributed by atoms with Gasteiger partial charge in [-0.05, 0) is 104 Å². The molecule has 0 aromatic heterocycles. The van der Waals surface area contributed by atoms with Crippen LogP contribution in [-0.2, 0) is 12.4 Å². The summed E-state index contributed by atoms with van der Waals surface area (Å²) in [6, 6.07) is 17.2. The summed E-state index contributed by atoms with van der Waals surface area (Å²) in [4.78, 5) is 7.97. The number of hydrogen-bond acceptors (Lipinski definition) is 4. The van der Waals surface area contributed by atoms with Crippen LogP contribution in [0.4, 0.5) is 35.1 Å². The molecule has 7 aromatic carbocycles. The molecular weight excluding hydrogens is 640 g/mol. The first kappa shape index (κ1) is 30.5. The first-order chi connectivity index (χ1) is 22.8. The highest BCUT2D eigenvalue weighted by atomic mass is 19.4. The van der Waals surface area contributed by atoms with E-state index in [2.05, 4.69) is 9.98 Å². The van der Waals surface area contributed by atoms with Crippen molar-refractivity contribution in [3.05, 3.63) is 118 Å². The fourth-order valence-corrected chi connectivity index (χ4v) is 6.22. The Labute approximate surface area is 264 Å². The topological polar surface area (TPSA) is 72.3 Å². The van der Waals surface area contributed by atoms with Crippen molar-refractivity contribution in [1.29, 1.82) is 10.5 Å². The average molecular weight is 655 g/mol. The number of nitrogens with zero attached hydrogens (tertiary/aromatic N) is 4. The van der Waals surface area contributed by atoms with E-state index in [4.69, 9.17) is 0 Å². The van der Waals surface area contributed by atoms with Crippen LogP contribution in [0.25, 0.3) is 65.3 Å². The number of rotatable bonds is 2. The van der Waals surface area contributed by atoms with Gasteiger partial charge in [-0.25, -0.2) is 8.78 Å². The van der Waals surface area contributed by atoms with Gasteiger partial charge in [0.2, 0.25) is 12.4 Å². The van der Waals surface area contributed by atoms with Crippen LogP contribution >= 0.6 is 0 Å². The third kappa shape index (κ3) is 4.99. The first-order valence-corrected chi connectivity index (χ1v) is 13.9. The van der Waals surface area contributed by atoms with E-state index in [-0.39, 0.29) is 33.0 Å². The minimum atomic E-state index is -4.78. The van der Waals surface area contributed by atoms with E-state index in [1.807, 2.05) is 0 Å². The SMILES string of the molecule is N#C/N=c1/c2cc(-c3cc(F)cc(C(F)(F)F)c3)ccc2c2cc3c(cc12)/c(=N/C#N)c1cc(-c2cc(F)cc(C(F)(F)F)c2)ccc13. The highest BCUT2D eigenvalue weighted by Gasteiger charge is 2.32. The maximum absolute atomic E-state index is 14.2. The van der Waals surface area contributed by atoms with Crippen LogP contribution in [-0.4, -0.2) is 0 Å². The summed E-state index contributed by atoms with van der Waals surface area (Å²) in [7, 11) is 0. The van der Waals surface area contributed by atoms with Crippen LogP contribution in [0.3, 0.4) is 0 Å². The second kappa shape index (κ2) is 10.7. The lowest BCUT2D eigenvalue weighted by atomic mass is 9.99. The number of nitriles is 2. The van der Waals surface area contributed by atoms with E-state index >= 15 is 0 Å². The molecule has 0 aliphatic heterocycles. The molecule has 0 aliphatic carbocycles. The minimum absolute atomic E-state index is 0.0336. The summed E-state index contributed by atoms with van der Waals surface area (Å²) in [5.74, 6) is -2.15. The molecule has 7 aromatic rings. The molecule has 0 unspecified atom stereocenters. The number of hydrogen-bond donors (Lipinski definition) is 0. The van der Waals surface area contributed by atoms with Crippen molar-refractivity contribution in [2.75, 3.05) is 0 Å². The Morgan fingerprint density at radius 2 is 0.792 bits per heavy atom. The Hall–Kier alpha value is -6.14. The van der Waals surface area contributed by atoms with Gasteiger partial charge in [-0.15, -0.1) is 0 Å². The van der Waals surface area contributed by atoms with Gasteiger partial charge in [0.1, 0.15) is 11.6 Å². The standard InChI is InChI=1S/C36H14F8N4/c37-23-7-19(5-21(11-23)35(39,40)41)17-1-3-25-27-13-28-26-4-2-18(20-6-22(36(42,43)44)12-24(38)8-20)10-30(26)34(48-16-46)32(28)14-31(27)33(47-15-45)29(25)9-17/h1-14H/b47-33-,48-34+. The Morgan fingerprint density at radius 3 is 1.17 bits per heavy atom. The molecule has 48 heavy (non-hydrogen) atoms. The number of alkyl halides is 6.